The second-order valence-electron chi connectivity index (χ2n) is 25.5. The number of nitrogen functional groups attached to an aromatic ring is 9. The summed E-state index contributed by atoms with van der Waals surface area (Å²) in [5.41, 5.74) is 57.1. The lowest BCUT2D eigenvalue weighted by molar-refractivity contribution is 0.0685. The predicted molar refractivity (Wildman–Crippen MR) is 532 cm³/mol. The summed E-state index contributed by atoms with van der Waals surface area (Å²) >= 11 is 11.7. The highest BCUT2D eigenvalue weighted by atomic mass is 35.5. The topological polar surface area (TPSA) is 802 Å². The number of rotatable bonds is 18. The van der Waals surface area contributed by atoms with E-state index < -0.39 is 53.7 Å². The van der Waals surface area contributed by atoms with Gasteiger partial charge < -0.3 is 97.6 Å². The molecule has 18 aromatic rings. The number of nitrogens with zero attached hydrogens (tertiary/aromatic N) is 18. The molecule has 0 amide bonds. The minimum absolute atomic E-state index is 0. The summed E-state index contributed by atoms with van der Waals surface area (Å²) in [6, 6.07) is 13.9. The number of nitrogens with two attached hydrogens (primary N) is 9. The van der Waals surface area contributed by atoms with Crippen LogP contribution in [0.1, 0.15) is 93.2 Å². The summed E-state index contributed by atoms with van der Waals surface area (Å²) < 4.78 is 0. The Balaban J connectivity index is 0.000000211. The van der Waals surface area contributed by atoms with Gasteiger partial charge in [-0.2, -0.15) is 0 Å². The molecule has 18 rings (SSSR count). The van der Waals surface area contributed by atoms with Crippen molar-refractivity contribution in [2.75, 3.05) is 51.6 Å². The minimum Gasteiger partial charge on any atom is -0.478 e. The highest BCUT2D eigenvalue weighted by Crippen LogP contribution is 2.35. The number of anilines is 9. The summed E-state index contributed by atoms with van der Waals surface area (Å²) in [5.74, 6) is -8.98. The molecular formula is C81H66Cl3N27O18S9. The first kappa shape index (κ1) is 108. The monoisotopic (exact) mass is 2100 g/mol. The van der Waals surface area contributed by atoms with Gasteiger partial charge in [-0.3, -0.25) is 44.9 Å². The van der Waals surface area contributed by atoms with E-state index in [1.54, 1.807) is 166 Å². The molecule has 0 saturated carbocycles. The fourth-order valence-corrected chi connectivity index (χ4v) is 16.0. The quantitative estimate of drug-likeness (QED) is 0.0379. The molecule has 708 valence electrons. The lowest BCUT2D eigenvalue weighted by atomic mass is 10.2. The van der Waals surface area contributed by atoms with Crippen LogP contribution >= 0.6 is 139 Å². The molecule has 18 heterocycles. The molecule has 0 bridgehead atoms. The van der Waals surface area contributed by atoms with Crippen LogP contribution < -0.4 is 51.6 Å². The van der Waals surface area contributed by atoms with Gasteiger partial charge in [0.25, 0.3) is 0 Å². The summed E-state index contributed by atoms with van der Waals surface area (Å²) in [7, 11) is 0. The number of carbonyl (C=O) groups is 9. The lowest BCUT2D eigenvalue weighted by Gasteiger charge is -1.97. The van der Waals surface area contributed by atoms with Crippen molar-refractivity contribution in [1.29, 1.82) is 0 Å². The van der Waals surface area contributed by atoms with E-state index in [-0.39, 0.29) is 87.3 Å². The Bertz CT molecular complexity index is 5940. The van der Waals surface area contributed by atoms with Gasteiger partial charge in [0.1, 0.15) is 0 Å². The molecule has 0 atom stereocenters. The number of carboxylic acids is 9. The van der Waals surface area contributed by atoms with Gasteiger partial charge in [-0.1, -0.05) is 102 Å². The second kappa shape index (κ2) is 52.1. The van der Waals surface area contributed by atoms with Gasteiger partial charge in [-0.15, -0.1) is 37.2 Å². The Kier molecular flexibility index (Phi) is 40.9. The summed E-state index contributed by atoms with van der Waals surface area (Å²) in [6.07, 6.45) is 40.4. The highest BCUT2D eigenvalue weighted by molar-refractivity contribution is 7.21. The van der Waals surface area contributed by atoms with Crippen LogP contribution in [0.15, 0.2) is 222 Å². The average Bonchev–Trinajstić information content (AvgIpc) is 1.76. The van der Waals surface area contributed by atoms with E-state index in [1.165, 1.54) is 158 Å². The Morgan fingerprint density at radius 3 is 0.312 bits per heavy atom. The molecule has 0 saturated heterocycles. The summed E-state index contributed by atoms with van der Waals surface area (Å²) in [6.45, 7) is 0. The van der Waals surface area contributed by atoms with Gasteiger partial charge in [-0.05, 0) is 54.6 Å². The molecule has 0 aliphatic rings. The maximum atomic E-state index is 10.7. The van der Waals surface area contributed by atoms with Gasteiger partial charge in [0.2, 0.25) is 0 Å². The molecule has 57 heteroatoms. The molecule has 0 aliphatic carbocycles. The second-order valence-corrected chi connectivity index (χ2v) is 35.0. The molecule has 0 aromatic carbocycles. The van der Waals surface area contributed by atoms with E-state index in [4.69, 9.17) is 97.6 Å². The third kappa shape index (κ3) is 32.6. The van der Waals surface area contributed by atoms with E-state index in [2.05, 4.69) is 89.7 Å². The standard InChI is InChI=1S/9C9H7N3O2S.3ClH/c9*10-9-12-4-7(15-9)5-1-6(8(13)14)3-11-2-5;;;/h9*1-4H,(H2,10,12)(H,13,14);3*1H. The highest BCUT2D eigenvalue weighted by Gasteiger charge is 2.17. The normalized spacial score (nSPS) is 9.91. The number of hydrogen-bond acceptors (Lipinski definition) is 45. The zero-order valence-electron chi connectivity index (χ0n) is 69.1. The van der Waals surface area contributed by atoms with E-state index in [1.807, 2.05) is 0 Å². The van der Waals surface area contributed by atoms with Crippen LogP contribution in [0.3, 0.4) is 0 Å². The smallest absolute Gasteiger partial charge is 0.337 e. The molecule has 0 fully saturated rings. The molecule has 0 aliphatic heterocycles. The van der Waals surface area contributed by atoms with Crippen molar-refractivity contribution in [1.82, 2.24) is 89.7 Å². The summed E-state index contributed by atoms with van der Waals surface area (Å²) in [4.78, 5) is 173. The number of pyridine rings is 9. The third-order valence-electron chi connectivity index (χ3n) is 16.1. The fourth-order valence-electron chi connectivity index (χ4n) is 10.0. The Labute approximate surface area is 829 Å². The van der Waals surface area contributed by atoms with Crippen molar-refractivity contribution in [3.8, 4) is 94.0 Å². The summed E-state index contributed by atoms with van der Waals surface area (Å²) in [5, 5.41) is 83.1. The Morgan fingerprint density at radius 2 is 0.246 bits per heavy atom. The molecule has 45 nitrogen and oxygen atoms in total. The van der Waals surface area contributed by atoms with Crippen molar-refractivity contribution in [3.05, 3.63) is 272 Å². The van der Waals surface area contributed by atoms with Crippen molar-refractivity contribution in [3.63, 3.8) is 0 Å². The van der Waals surface area contributed by atoms with Crippen molar-refractivity contribution in [2.45, 2.75) is 0 Å². The van der Waals surface area contributed by atoms with Crippen LogP contribution in [0.25, 0.3) is 94.0 Å². The van der Waals surface area contributed by atoms with Gasteiger partial charge in [-0.25, -0.2) is 88.0 Å². The first-order valence-corrected chi connectivity index (χ1v) is 43.9. The molecule has 0 spiro atoms. The number of carboxylic acid groups (broad SMARTS) is 9. The Morgan fingerprint density at radius 1 is 0.159 bits per heavy atom. The zero-order chi connectivity index (χ0) is 97.5. The van der Waals surface area contributed by atoms with E-state index in [9.17, 15) is 43.2 Å². The molecule has 18 aromatic heterocycles. The van der Waals surface area contributed by atoms with Crippen LogP contribution in [-0.4, -0.2) is 189 Å². The number of aromatic carboxylic acids is 9. The molecule has 138 heavy (non-hydrogen) atoms. The molecule has 0 unspecified atom stereocenters. The predicted octanol–water partition coefficient (Wildman–Crippen LogP) is 14.6. The van der Waals surface area contributed by atoms with E-state index >= 15 is 0 Å². The lowest BCUT2D eigenvalue weighted by Crippen LogP contribution is -1.96. The van der Waals surface area contributed by atoms with Crippen molar-refractivity contribution < 1.29 is 89.1 Å². The van der Waals surface area contributed by atoms with Gasteiger partial charge in [0.05, 0.1) is 94.0 Å². The fraction of sp³-hybridized carbons (Fsp3) is 0. The number of hydrogen-bond donors (Lipinski definition) is 18. The SMILES string of the molecule is Cl.Cl.Cl.Nc1ncc(-c2cncc(C(=O)O)c2)s1.Nc1ncc(-c2cncc(C(=O)O)c2)s1.Nc1ncc(-c2cncc(C(=O)O)c2)s1.Nc1ncc(-c2cncc(C(=O)O)c2)s1.Nc1ncc(-c2cncc(C(=O)O)c2)s1.Nc1ncc(-c2cncc(C(=O)O)c2)s1.Nc1ncc(-c2cncc(C(=O)O)c2)s1.Nc1ncc(-c2cncc(C(=O)O)c2)s1.Nc1ncc(-c2cncc(C(=O)O)c2)s1. The van der Waals surface area contributed by atoms with Gasteiger partial charge in [0, 0.05) is 217 Å². The number of halogens is 3. The van der Waals surface area contributed by atoms with Crippen LogP contribution in [0.4, 0.5) is 46.2 Å². The molecular weight excluding hydrogens is 2030 g/mol. The van der Waals surface area contributed by atoms with Gasteiger partial charge in [0.15, 0.2) is 46.2 Å². The zero-order valence-corrected chi connectivity index (χ0v) is 78.9. The maximum Gasteiger partial charge on any atom is 0.337 e. The number of thiazole rings is 9. The van der Waals surface area contributed by atoms with Gasteiger partial charge >= 0.3 is 53.7 Å². The molecule has 0 radical (unpaired) electrons. The third-order valence-corrected chi connectivity index (χ3v) is 24.0. The first-order chi connectivity index (χ1) is 64.5. The van der Waals surface area contributed by atoms with Crippen LogP contribution in [0, 0.1) is 0 Å². The van der Waals surface area contributed by atoms with Crippen molar-refractivity contribution >= 4 is 239 Å². The Hall–Kier alpha value is -16.7. The van der Waals surface area contributed by atoms with E-state index in [0.29, 0.717) is 96.3 Å². The van der Waals surface area contributed by atoms with Crippen LogP contribution in [0.2, 0.25) is 0 Å². The minimum atomic E-state index is -0.998. The van der Waals surface area contributed by atoms with Crippen LogP contribution in [0.5, 0.6) is 0 Å². The van der Waals surface area contributed by atoms with E-state index in [0.717, 1.165) is 43.9 Å². The van der Waals surface area contributed by atoms with Crippen LogP contribution in [-0.2, 0) is 0 Å². The number of aromatic nitrogens is 18. The largest absolute Gasteiger partial charge is 0.478 e. The average molecular weight is 2100 g/mol. The van der Waals surface area contributed by atoms with Crippen molar-refractivity contribution in [2.24, 2.45) is 0 Å². The first-order valence-electron chi connectivity index (χ1n) is 36.6. The maximum absolute atomic E-state index is 10.7. The molecule has 27 N–H and O–H groups in total.